The minimum Gasteiger partial charge on any atom is -0.480 e. The molecule has 0 aliphatic heterocycles. The number of thiol groups is 2. The molecule has 29 heteroatoms. The van der Waals surface area contributed by atoms with Crippen LogP contribution in [-0.4, -0.2) is 154 Å². The normalized spacial score (nSPS) is 13.8. The molecular weight excluding hydrogens is 1040 g/mol. The largest absolute Gasteiger partial charge is 0.480 e. The number of carboxylic acids is 1. The van der Waals surface area contributed by atoms with Crippen molar-refractivity contribution in [1.29, 1.82) is 0 Å². The molecule has 0 unspecified atom stereocenters. The zero-order valence-corrected chi connectivity index (χ0v) is 44.7. The average Bonchev–Trinajstić information content (AvgIpc) is 3.79. The molecule has 0 bridgehead atoms. The second kappa shape index (κ2) is 31.9. The summed E-state index contributed by atoms with van der Waals surface area (Å²) < 4.78 is 0. The Kier molecular flexibility index (Phi) is 26.3. The van der Waals surface area contributed by atoms with Gasteiger partial charge in [0.1, 0.15) is 41.8 Å². The molecule has 77 heavy (non-hydrogen) atoms. The first-order valence-electron chi connectivity index (χ1n) is 24.5. The molecule has 27 nitrogen and oxygen atoms in total. The molecule has 1 heterocycles. The van der Waals surface area contributed by atoms with Crippen molar-refractivity contribution in [3.63, 3.8) is 0 Å². The van der Waals surface area contributed by atoms with Crippen molar-refractivity contribution in [2.75, 3.05) is 31.1 Å². The van der Waals surface area contributed by atoms with E-state index in [1.54, 1.807) is 54.7 Å². The predicted molar refractivity (Wildman–Crippen MR) is 296 cm³/mol. The van der Waals surface area contributed by atoms with Gasteiger partial charge in [0.05, 0.1) is 6.04 Å². The Hall–Kier alpha value is -7.79. The van der Waals surface area contributed by atoms with Gasteiger partial charge in [0, 0.05) is 61.1 Å². The van der Waals surface area contributed by atoms with Gasteiger partial charge in [0.25, 0.3) is 0 Å². The Labute approximate surface area is 456 Å². The number of aliphatic imine (C=N–C) groups is 2. The maximum atomic E-state index is 14.6. The van der Waals surface area contributed by atoms with Crippen molar-refractivity contribution >= 4 is 101 Å². The number of guanidine groups is 2. The van der Waals surface area contributed by atoms with E-state index in [0.29, 0.717) is 17.5 Å². The first kappa shape index (κ1) is 63.5. The number of carbonyl (C=O) groups excluding carboxylic acids is 8. The van der Waals surface area contributed by atoms with Crippen LogP contribution in [0.3, 0.4) is 0 Å². The summed E-state index contributed by atoms with van der Waals surface area (Å²) in [6.45, 7) is 2.92. The van der Waals surface area contributed by atoms with Gasteiger partial charge in [0.2, 0.25) is 41.4 Å². The first-order chi connectivity index (χ1) is 36.4. The monoisotopic (exact) mass is 1110 g/mol. The molecule has 0 spiro atoms. The minimum atomic E-state index is -1.75. The molecule has 0 aliphatic rings. The third-order valence-electron chi connectivity index (χ3n) is 11.7. The number of carboxylic acid groups (broad SMARTS) is 1. The second-order valence-corrected chi connectivity index (χ2v) is 19.1. The van der Waals surface area contributed by atoms with Crippen LogP contribution >= 0.6 is 25.3 Å². The molecule has 22 N–H and O–H groups in total. The number of nitrogens with two attached hydrogens (primary N) is 6. The lowest BCUT2D eigenvalue weighted by atomic mass is 10.0. The lowest BCUT2D eigenvalue weighted by Crippen LogP contribution is -2.63. The van der Waals surface area contributed by atoms with E-state index in [1.807, 2.05) is 6.07 Å². The van der Waals surface area contributed by atoms with Crippen molar-refractivity contribution in [2.45, 2.75) is 113 Å². The summed E-state index contributed by atoms with van der Waals surface area (Å²) in [4.78, 5) is 132. The minimum absolute atomic E-state index is 0.0234. The van der Waals surface area contributed by atoms with Crippen molar-refractivity contribution in [2.24, 2.45) is 44.4 Å². The zero-order valence-electron chi connectivity index (χ0n) is 42.9. The van der Waals surface area contributed by atoms with Gasteiger partial charge in [-0.1, -0.05) is 48.5 Å². The Balaban J connectivity index is 1.94. The van der Waals surface area contributed by atoms with Gasteiger partial charge in [-0.15, -0.1) is 0 Å². The maximum absolute atomic E-state index is 14.6. The Morgan fingerprint density at radius 2 is 1.09 bits per heavy atom. The van der Waals surface area contributed by atoms with Crippen molar-refractivity contribution in [3.8, 4) is 0 Å². The number of hydrogen-bond acceptors (Lipinski definition) is 14. The highest BCUT2D eigenvalue weighted by Gasteiger charge is 2.37. The van der Waals surface area contributed by atoms with Gasteiger partial charge in [-0.25, -0.2) is 9.59 Å². The molecular formula is C48H73N17O10S2. The molecule has 0 saturated heterocycles. The van der Waals surface area contributed by atoms with Crippen LogP contribution in [0.4, 0.5) is 4.79 Å². The number of amides is 9. The van der Waals surface area contributed by atoms with Gasteiger partial charge < -0.3 is 87.0 Å². The first-order valence-corrected chi connectivity index (χ1v) is 25.8. The van der Waals surface area contributed by atoms with E-state index in [1.165, 1.54) is 13.8 Å². The zero-order chi connectivity index (χ0) is 57.2. The van der Waals surface area contributed by atoms with E-state index in [9.17, 15) is 48.3 Å². The van der Waals surface area contributed by atoms with E-state index in [0.717, 1.165) is 10.9 Å². The van der Waals surface area contributed by atoms with Gasteiger partial charge in [0.15, 0.2) is 11.9 Å². The number of rotatable bonds is 33. The van der Waals surface area contributed by atoms with Gasteiger partial charge in [-0.05, 0) is 69.6 Å². The molecule has 9 amide bonds. The third-order valence-corrected chi connectivity index (χ3v) is 12.5. The topological polar surface area (TPSA) is 467 Å². The number of primary amides is 1. The summed E-state index contributed by atoms with van der Waals surface area (Å²) in [6.07, 6.45) is 1.91. The number of fused-ring (bicyclic) bond motifs is 1. The van der Waals surface area contributed by atoms with Crippen LogP contribution in [-0.2, 0) is 51.2 Å². The highest BCUT2D eigenvalue weighted by atomic mass is 32.1. The number of aromatic nitrogens is 1. The van der Waals surface area contributed by atoms with Crippen molar-refractivity contribution < 1.29 is 48.3 Å². The summed E-state index contributed by atoms with van der Waals surface area (Å²) in [5.41, 5.74) is 33.2. The van der Waals surface area contributed by atoms with E-state index in [2.05, 4.69) is 82.8 Å². The maximum Gasteiger partial charge on any atom is 0.327 e. The molecule has 0 radical (unpaired) electrons. The number of hydrogen-bond donors (Lipinski definition) is 18. The fraction of sp³-hybridized carbons (Fsp3) is 0.479. The SMILES string of the molecule is CC(C)(NC(=O)[C@H](CS)NC(=O)[C@@H](N)CCCN=C(N)N)C(=O)N[C@@H](CCCNC(N)=O)C(=O)N[C@H](Cc1ccccc1)C(=O)N[C@@H](CCCN=C(N)N)C(=O)N[C@H](Cc1c[nH]c2ccccc12)C(=O)N[C@@H](CS)C(=O)O. The van der Waals surface area contributed by atoms with E-state index >= 15 is 0 Å². The van der Waals surface area contributed by atoms with Crippen LogP contribution in [0.25, 0.3) is 10.9 Å². The predicted octanol–water partition coefficient (Wildman–Crippen LogP) is -3.42. The fourth-order valence-corrected chi connectivity index (χ4v) is 8.04. The van der Waals surface area contributed by atoms with Crippen LogP contribution in [0, 0.1) is 0 Å². The van der Waals surface area contributed by atoms with Crippen LogP contribution in [0.2, 0.25) is 0 Å². The Morgan fingerprint density at radius 1 is 0.597 bits per heavy atom. The summed E-state index contributed by atoms with van der Waals surface area (Å²) in [5.74, 6) is -7.99. The molecule has 7 atom stereocenters. The quantitative estimate of drug-likeness (QED) is 0.0122. The molecule has 3 aromatic rings. The van der Waals surface area contributed by atoms with Crippen LogP contribution in [0.15, 0.2) is 70.8 Å². The molecule has 422 valence electrons. The van der Waals surface area contributed by atoms with Crippen LogP contribution < -0.4 is 76.9 Å². The lowest BCUT2D eigenvalue weighted by molar-refractivity contribution is -0.141. The lowest BCUT2D eigenvalue weighted by Gasteiger charge is -2.31. The van der Waals surface area contributed by atoms with Gasteiger partial charge in [-0.3, -0.25) is 43.5 Å². The number of nitrogens with zero attached hydrogens (tertiary/aromatic N) is 2. The summed E-state index contributed by atoms with van der Waals surface area (Å²) in [6, 6.07) is 5.51. The molecule has 3 rings (SSSR count). The second-order valence-electron chi connectivity index (χ2n) is 18.3. The fourth-order valence-electron chi connectivity index (χ4n) is 7.54. The molecule has 2 aromatic carbocycles. The van der Waals surface area contributed by atoms with Gasteiger partial charge in [-0.2, -0.15) is 25.3 Å². The Morgan fingerprint density at radius 3 is 1.66 bits per heavy atom. The molecule has 0 aliphatic carbocycles. The molecule has 0 saturated carbocycles. The number of aliphatic carboxylic acids is 1. The third kappa shape index (κ3) is 22.1. The van der Waals surface area contributed by atoms with E-state index in [4.69, 9.17) is 34.4 Å². The van der Waals surface area contributed by atoms with Gasteiger partial charge >= 0.3 is 12.0 Å². The summed E-state index contributed by atoms with van der Waals surface area (Å²) >= 11 is 8.27. The molecule has 1 aromatic heterocycles. The smallest absolute Gasteiger partial charge is 0.327 e. The number of H-pyrrole nitrogens is 1. The molecule has 0 fully saturated rings. The average molecular weight is 1110 g/mol. The summed E-state index contributed by atoms with van der Waals surface area (Å²) in [5, 5.41) is 31.1. The number of urea groups is 1. The number of benzene rings is 2. The number of para-hydroxylation sites is 1. The van der Waals surface area contributed by atoms with Crippen molar-refractivity contribution in [1.82, 2.24) is 47.5 Å². The standard InChI is InChI=1S/C48H73N17O10S2/c1-48(2,65-42(71)35(24-76)62-37(66)29(49)14-8-18-55-45(50)51)44(74)64-32(17-10-20-57-47(54)75)39(68)60-33(21-26-11-4-3-5-12-26)40(69)59-31(16-9-19-56-46(52)53)38(67)61-34(41(70)63-36(25-77)43(72)73)22-27-23-58-30-15-7-6-13-28(27)30/h3-7,11-13,15,23,29,31-36,58,76-77H,8-10,14,16-22,24-25,49H2,1-2H3,(H,59,69)(H,60,68)(H,61,67)(H,62,66)(H,63,70)(H,64,74)(H,65,71)(H,72,73)(H4,50,51,55)(H4,52,53,56)(H3,54,57,75)/t29-,31-,32-,33+,34+,35-,36-/m0/s1. The number of aromatic amines is 1. The Bertz CT molecular complexity index is 2560. The highest BCUT2D eigenvalue weighted by molar-refractivity contribution is 7.80. The van der Waals surface area contributed by atoms with Crippen LogP contribution in [0.5, 0.6) is 0 Å². The number of nitrogens with one attached hydrogen (secondary N) is 9. The summed E-state index contributed by atoms with van der Waals surface area (Å²) in [7, 11) is 0. The number of carbonyl (C=O) groups is 9. The van der Waals surface area contributed by atoms with E-state index in [-0.39, 0.29) is 88.0 Å². The van der Waals surface area contributed by atoms with Crippen LogP contribution in [0.1, 0.15) is 63.5 Å². The van der Waals surface area contributed by atoms with E-state index < -0.39 is 101 Å². The highest BCUT2D eigenvalue weighted by Crippen LogP contribution is 2.20. The van der Waals surface area contributed by atoms with Crippen molar-refractivity contribution in [3.05, 3.63) is 71.9 Å².